The third-order valence-electron chi connectivity index (χ3n) is 8.25. The van der Waals surface area contributed by atoms with Crippen LogP contribution in [-0.4, -0.2) is 49.3 Å². The van der Waals surface area contributed by atoms with Gasteiger partial charge in [0.2, 0.25) is 5.88 Å². The highest BCUT2D eigenvalue weighted by atomic mass is 28.4. The molecule has 0 saturated carbocycles. The minimum atomic E-state index is -2.06. The number of ether oxygens (including phenoxy) is 1. The Morgan fingerprint density at radius 3 is 2.14 bits per heavy atom. The predicted molar refractivity (Wildman–Crippen MR) is 152 cm³/mol. The van der Waals surface area contributed by atoms with Crippen LogP contribution >= 0.6 is 0 Å². The first-order valence-corrected chi connectivity index (χ1v) is 15.9. The van der Waals surface area contributed by atoms with Crippen molar-refractivity contribution in [2.45, 2.75) is 96.5 Å². The fourth-order valence-corrected chi connectivity index (χ4v) is 11.6. The van der Waals surface area contributed by atoms with Crippen molar-refractivity contribution in [2.75, 3.05) is 19.7 Å². The van der Waals surface area contributed by atoms with E-state index in [1.807, 2.05) is 19.1 Å². The number of carbonyl (C=O) groups excluding carboxylic acids is 1. The van der Waals surface area contributed by atoms with Gasteiger partial charge in [0.15, 0.2) is 0 Å². The Morgan fingerprint density at radius 2 is 1.68 bits per heavy atom. The molecule has 1 N–H and O–H groups in total. The summed E-state index contributed by atoms with van der Waals surface area (Å²) in [4.78, 5) is 18.8. The number of benzene rings is 1. The summed E-state index contributed by atoms with van der Waals surface area (Å²) >= 11 is 0. The topological polar surface area (TPSA) is 71.9 Å². The van der Waals surface area contributed by atoms with E-state index in [9.17, 15) is 9.90 Å². The van der Waals surface area contributed by atoms with Crippen LogP contribution in [0.2, 0.25) is 16.6 Å². The maximum absolute atomic E-state index is 12.3. The molecule has 1 atom stereocenters. The summed E-state index contributed by atoms with van der Waals surface area (Å²) in [7, 11) is -2.06. The van der Waals surface area contributed by atoms with Gasteiger partial charge in [-0.15, -0.1) is 0 Å². The molecule has 0 bridgehead atoms. The van der Waals surface area contributed by atoms with E-state index >= 15 is 0 Å². The summed E-state index contributed by atoms with van der Waals surface area (Å²) in [6.45, 7) is 19.5. The standard InChI is InChI=1S/C30H46N2O4Si/c1-9-35-29-13-11-26(19-31-29)30(34)14-16-32(17-15-30)27(20-33)25-10-12-28(24(8)18-25)36-37(21(2)3,22(4)5)23(6)7/h10-13,18-23,27,34H,9,14-17H2,1-8H3. The minimum Gasteiger partial charge on any atom is -0.543 e. The van der Waals surface area contributed by atoms with Crippen LogP contribution in [0.3, 0.4) is 0 Å². The number of carbonyl (C=O) groups is 1. The van der Waals surface area contributed by atoms with Crippen LogP contribution in [0.4, 0.5) is 0 Å². The summed E-state index contributed by atoms with van der Waals surface area (Å²) in [6.07, 6.45) is 3.80. The van der Waals surface area contributed by atoms with Gasteiger partial charge in [-0.25, -0.2) is 4.98 Å². The second kappa shape index (κ2) is 12.1. The van der Waals surface area contributed by atoms with E-state index in [1.54, 1.807) is 12.3 Å². The highest BCUT2D eigenvalue weighted by Crippen LogP contribution is 2.44. The molecule has 2 heterocycles. The number of aldehydes is 1. The number of hydrogen-bond acceptors (Lipinski definition) is 6. The van der Waals surface area contributed by atoms with Crippen molar-refractivity contribution in [1.29, 1.82) is 0 Å². The van der Waals surface area contributed by atoms with E-state index in [0.717, 1.165) is 28.7 Å². The molecule has 1 aliphatic heterocycles. The lowest BCUT2D eigenvalue weighted by atomic mass is 9.84. The quantitative estimate of drug-likeness (QED) is 0.264. The first-order valence-electron chi connectivity index (χ1n) is 13.8. The molecule has 0 spiro atoms. The van der Waals surface area contributed by atoms with Crippen molar-refractivity contribution in [2.24, 2.45) is 0 Å². The number of aliphatic hydroxyl groups is 1. The Labute approximate surface area is 224 Å². The largest absolute Gasteiger partial charge is 0.543 e. The van der Waals surface area contributed by atoms with Gasteiger partial charge in [-0.2, -0.15) is 0 Å². The number of aromatic nitrogens is 1. The van der Waals surface area contributed by atoms with Crippen molar-refractivity contribution in [3.05, 3.63) is 53.2 Å². The molecule has 3 rings (SSSR count). The van der Waals surface area contributed by atoms with E-state index in [-0.39, 0.29) is 6.04 Å². The molecule has 6 nitrogen and oxygen atoms in total. The molecule has 1 aromatic heterocycles. The van der Waals surface area contributed by atoms with Crippen molar-refractivity contribution < 1.29 is 19.1 Å². The van der Waals surface area contributed by atoms with Crippen molar-refractivity contribution in [3.63, 3.8) is 0 Å². The number of likely N-dealkylation sites (tertiary alicyclic amines) is 1. The fraction of sp³-hybridized carbons (Fsp3) is 0.600. The van der Waals surface area contributed by atoms with Crippen LogP contribution in [0.5, 0.6) is 11.6 Å². The zero-order chi connectivity index (χ0) is 27.4. The summed E-state index contributed by atoms with van der Waals surface area (Å²) in [5.74, 6) is 1.50. The Hall–Kier alpha value is -2.22. The number of hydrogen-bond donors (Lipinski definition) is 1. The van der Waals surface area contributed by atoms with Gasteiger partial charge in [-0.05, 0) is 66.6 Å². The average Bonchev–Trinajstić information content (AvgIpc) is 2.85. The third kappa shape index (κ3) is 6.10. The van der Waals surface area contributed by atoms with Crippen LogP contribution < -0.4 is 9.16 Å². The zero-order valence-corrected chi connectivity index (χ0v) is 25.0. The van der Waals surface area contributed by atoms with E-state index in [1.165, 1.54) is 0 Å². The van der Waals surface area contributed by atoms with Gasteiger partial charge < -0.3 is 19.1 Å². The maximum atomic E-state index is 12.3. The lowest BCUT2D eigenvalue weighted by molar-refractivity contribution is -0.115. The van der Waals surface area contributed by atoms with Gasteiger partial charge in [0.1, 0.15) is 12.0 Å². The number of aryl methyl sites for hydroxylation is 1. The van der Waals surface area contributed by atoms with Gasteiger partial charge in [0.05, 0.1) is 18.2 Å². The molecule has 1 saturated heterocycles. The predicted octanol–water partition coefficient (Wildman–Crippen LogP) is 6.57. The van der Waals surface area contributed by atoms with E-state index in [4.69, 9.17) is 9.16 Å². The van der Waals surface area contributed by atoms with Crippen LogP contribution in [0.15, 0.2) is 36.5 Å². The van der Waals surface area contributed by atoms with Crippen molar-refractivity contribution in [1.82, 2.24) is 9.88 Å². The highest BCUT2D eigenvalue weighted by molar-refractivity contribution is 6.78. The Bertz CT molecular complexity index is 1010. The molecule has 37 heavy (non-hydrogen) atoms. The Balaban J connectivity index is 1.75. The molecule has 2 aromatic rings. The molecule has 1 aliphatic rings. The molecule has 1 unspecified atom stereocenters. The first-order chi connectivity index (χ1) is 17.5. The Kier molecular flexibility index (Phi) is 9.59. The lowest BCUT2D eigenvalue weighted by Gasteiger charge is -2.43. The summed E-state index contributed by atoms with van der Waals surface area (Å²) in [5.41, 5.74) is 3.36. The second-order valence-corrected chi connectivity index (χ2v) is 16.8. The average molecular weight is 527 g/mol. The number of piperidine rings is 1. The highest BCUT2D eigenvalue weighted by Gasteiger charge is 2.47. The van der Waals surface area contributed by atoms with Gasteiger partial charge >= 0.3 is 0 Å². The molecule has 0 amide bonds. The third-order valence-corrected chi connectivity index (χ3v) is 14.2. The van der Waals surface area contributed by atoms with Crippen LogP contribution in [-0.2, 0) is 10.4 Å². The minimum absolute atomic E-state index is 0.349. The Morgan fingerprint density at radius 1 is 1.05 bits per heavy atom. The summed E-state index contributed by atoms with van der Waals surface area (Å²) < 4.78 is 12.3. The van der Waals surface area contributed by atoms with E-state index in [0.29, 0.717) is 55.0 Å². The van der Waals surface area contributed by atoms with Crippen molar-refractivity contribution in [3.8, 4) is 11.6 Å². The first kappa shape index (κ1) is 29.3. The monoisotopic (exact) mass is 526 g/mol. The SMILES string of the molecule is CCOc1ccc(C2(O)CCN(C(C=O)c3ccc(O[Si](C(C)C)(C(C)C)C(C)C)c(C)c3)CC2)cn1. The van der Waals surface area contributed by atoms with Gasteiger partial charge in [-0.1, -0.05) is 53.7 Å². The molecule has 1 aromatic carbocycles. The summed E-state index contributed by atoms with van der Waals surface area (Å²) in [5, 5.41) is 11.3. The number of nitrogens with zero attached hydrogens (tertiary/aromatic N) is 2. The van der Waals surface area contributed by atoms with Gasteiger partial charge in [-0.3, -0.25) is 4.90 Å². The molecule has 1 fully saturated rings. The van der Waals surface area contributed by atoms with E-state index < -0.39 is 13.9 Å². The fourth-order valence-electron chi connectivity index (χ4n) is 6.24. The second-order valence-electron chi connectivity index (χ2n) is 11.4. The smallest absolute Gasteiger partial charge is 0.258 e. The molecule has 0 radical (unpaired) electrons. The van der Waals surface area contributed by atoms with Crippen molar-refractivity contribution >= 4 is 14.6 Å². The molecule has 204 valence electrons. The van der Waals surface area contributed by atoms with E-state index in [2.05, 4.69) is 70.5 Å². The van der Waals surface area contributed by atoms with Gasteiger partial charge in [0.25, 0.3) is 8.32 Å². The van der Waals surface area contributed by atoms with Crippen LogP contribution in [0, 0.1) is 6.92 Å². The summed E-state index contributed by atoms with van der Waals surface area (Å²) in [6, 6.07) is 9.55. The molecular weight excluding hydrogens is 480 g/mol. The maximum Gasteiger partial charge on any atom is 0.258 e. The number of rotatable bonds is 11. The normalized spacial score (nSPS) is 17.3. The van der Waals surface area contributed by atoms with Gasteiger partial charge in [0, 0.05) is 30.9 Å². The van der Waals surface area contributed by atoms with Crippen LogP contribution in [0.1, 0.15) is 84.0 Å². The lowest BCUT2D eigenvalue weighted by Crippen LogP contribution is -2.50. The number of pyridine rings is 1. The zero-order valence-electron chi connectivity index (χ0n) is 24.0. The molecular formula is C30H46N2O4Si. The molecule has 7 heteroatoms. The van der Waals surface area contributed by atoms with Crippen LogP contribution in [0.25, 0.3) is 0 Å². The molecule has 0 aliphatic carbocycles.